The van der Waals surface area contributed by atoms with Gasteiger partial charge in [-0.15, -0.1) is 0 Å². The molecule has 2 unspecified atom stereocenters. The number of aliphatic hydroxyl groups is 1. The van der Waals surface area contributed by atoms with Crippen molar-refractivity contribution in [1.29, 1.82) is 0 Å². The molecule has 2 aliphatic rings. The Balaban J connectivity index is 1.21. The molecule has 2 saturated heterocycles. The molecule has 2 fully saturated rings. The Labute approximate surface area is 464 Å². The second kappa shape index (κ2) is 29.1. The molecule has 4 aromatic rings. The average molecular weight is 1160 g/mol. The number of β-amino-alcohol motifs (C(OH)–C–C–N with tert-alkyl or cyclic N) is 1. The topological polar surface area (TPSA) is 359 Å². The number of hydrogen-bond donors (Lipinski definition) is 1. The van der Waals surface area contributed by atoms with Gasteiger partial charge in [-0.2, -0.15) is 0 Å². The average Bonchev–Trinajstić information content (AvgIpc) is 3.93. The minimum absolute atomic E-state index is 0.0727. The number of unbranched alkanes of at least 4 members (excludes halogenated alkanes) is 1. The summed E-state index contributed by atoms with van der Waals surface area (Å²) in [6, 6.07) is 7.95. The number of carbonyl (C=O) groups is 7. The van der Waals surface area contributed by atoms with Crippen molar-refractivity contribution < 1.29 is 76.6 Å². The van der Waals surface area contributed by atoms with Crippen LogP contribution >= 0.6 is 0 Å². The van der Waals surface area contributed by atoms with Gasteiger partial charge in [0.15, 0.2) is 12.3 Å². The van der Waals surface area contributed by atoms with Gasteiger partial charge in [-0.1, -0.05) is 25.5 Å². The number of rotatable bonds is 31. The van der Waals surface area contributed by atoms with Crippen LogP contribution in [0.2, 0.25) is 0 Å². The van der Waals surface area contributed by atoms with E-state index < -0.39 is 180 Å². The normalized spacial score (nSPS) is 14.9. The number of nitrogens with zero attached hydrogens (tertiary/aromatic N) is 10. The molecule has 0 radical (unpaired) electrons. The molecule has 0 spiro atoms. The predicted octanol–water partition coefficient (Wildman–Crippen LogP) is -2.31. The van der Waals surface area contributed by atoms with E-state index in [0.29, 0.717) is 44.6 Å². The number of hydrogen-bond acceptors (Lipinski definition) is 22. The Hall–Kier alpha value is -8.75. The molecule has 0 bridgehead atoms. The Morgan fingerprint density at radius 2 is 0.854 bits per heavy atom. The first-order valence-corrected chi connectivity index (χ1v) is 25.7. The molecule has 1 N–H and O–H groups in total. The van der Waals surface area contributed by atoms with Crippen molar-refractivity contribution in [2.75, 3.05) is 88.2 Å². The zero-order chi connectivity index (χ0) is 59.8. The first-order valence-electron chi connectivity index (χ1n) is 25.7. The Kier molecular flexibility index (Phi) is 22.2. The van der Waals surface area contributed by atoms with Gasteiger partial charge in [-0.25, -0.2) is 75.3 Å². The van der Waals surface area contributed by atoms with Gasteiger partial charge in [0.1, 0.15) is 33.4 Å². The second-order valence-corrected chi connectivity index (χ2v) is 18.2. The molecular formula is C50H64N10O22. The maximum absolute atomic E-state index is 14.0. The Morgan fingerprint density at radius 1 is 0.451 bits per heavy atom. The van der Waals surface area contributed by atoms with Crippen molar-refractivity contribution in [2.24, 2.45) is 0 Å². The molecule has 0 saturated carbocycles. The van der Waals surface area contributed by atoms with E-state index in [4.69, 9.17) is 33.2 Å². The first-order chi connectivity index (χ1) is 39.4. The molecule has 4 amide bonds. The number of ether oxygens (including phenoxy) is 8. The maximum atomic E-state index is 14.0. The number of aromatic nitrogens is 6. The van der Waals surface area contributed by atoms with Crippen molar-refractivity contribution in [3.63, 3.8) is 0 Å². The molecule has 2 aromatic carbocycles. The smallest absolute Gasteiger partial charge is 0.338 e. The highest BCUT2D eigenvalue weighted by molar-refractivity contribution is 5.99. The summed E-state index contributed by atoms with van der Waals surface area (Å²) in [6.07, 6.45) is -2.25. The molecule has 2 atom stereocenters. The van der Waals surface area contributed by atoms with Crippen LogP contribution < -0.4 is 34.1 Å². The lowest BCUT2D eigenvalue weighted by molar-refractivity contribution is -0.145. The summed E-state index contributed by atoms with van der Waals surface area (Å²) in [4.78, 5) is 177. The van der Waals surface area contributed by atoms with Crippen LogP contribution in [0.25, 0.3) is 10.8 Å². The monoisotopic (exact) mass is 1160 g/mol. The maximum Gasteiger partial charge on any atom is 0.338 e. The Morgan fingerprint density at radius 3 is 1.30 bits per heavy atom. The van der Waals surface area contributed by atoms with Crippen molar-refractivity contribution in [1.82, 2.24) is 47.0 Å². The minimum Gasteiger partial charge on any atom is -0.469 e. The highest BCUT2D eigenvalue weighted by Gasteiger charge is 2.59. The van der Waals surface area contributed by atoms with Crippen LogP contribution in [-0.2, 0) is 91.5 Å². The van der Waals surface area contributed by atoms with Gasteiger partial charge in [0.2, 0.25) is 0 Å². The fourth-order valence-corrected chi connectivity index (χ4v) is 8.97. The van der Waals surface area contributed by atoms with E-state index in [2.05, 4.69) is 4.74 Å². The van der Waals surface area contributed by atoms with Gasteiger partial charge in [0.25, 0.3) is 0 Å². The van der Waals surface area contributed by atoms with E-state index in [9.17, 15) is 67.4 Å². The largest absolute Gasteiger partial charge is 0.469 e. The van der Waals surface area contributed by atoms with E-state index in [1.165, 1.54) is 59.1 Å². The van der Waals surface area contributed by atoms with Crippen LogP contribution in [0.1, 0.15) is 59.7 Å². The van der Waals surface area contributed by atoms with Crippen LogP contribution in [0, 0.1) is 0 Å². The van der Waals surface area contributed by atoms with Crippen LogP contribution in [0.4, 0.5) is 9.59 Å². The van der Waals surface area contributed by atoms with Gasteiger partial charge in [0.05, 0.1) is 84.1 Å². The number of benzene rings is 2. The summed E-state index contributed by atoms with van der Waals surface area (Å²) >= 11 is 0. The summed E-state index contributed by atoms with van der Waals surface area (Å²) < 4.78 is 44.9. The van der Waals surface area contributed by atoms with Crippen LogP contribution in [0.15, 0.2) is 65.2 Å². The van der Waals surface area contributed by atoms with Crippen LogP contribution in [0.5, 0.6) is 0 Å². The third-order valence-corrected chi connectivity index (χ3v) is 13.1. The third-order valence-electron chi connectivity index (χ3n) is 13.1. The molecular weight excluding hydrogens is 1090 g/mol. The molecule has 2 aliphatic heterocycles. The van der Waals surface area contributed by atoms with Gasteiger partial charge in [-0.05, 0) is 41.5 Å². The lowest BCUT2D eigenvalue weighted by Crippen LogP contribution is -2.55. The van der Waals surface area contributed by atoms with Gasteiger partial charge < -0.3 is 43.0 Å². The standard InChI is InChI=1S/C50H64N10O22/c1-6-7-23-80-37(63)13-16-53-44(68)52(15-12-36(62)77-4)45(69)54(46(53)70)17-14-38(64)81-25-20-56-47(71)55(19-24-79-31-60-40-39(51(18-22-61)43(60)67)58(29-75-2)50(74)59(40)30-76-3)48(72)57(49(56)73)21-26-82-42(66)35-11-9-32-27-34(41(65)78-5)10-8-33(32)28-35/h8-11,27-28,39-40,61H,6-7,12-26,29-31H2,1-5H3. The predicted molar refractivity (Wildman–Crippen MR) is 279 cm³/mol. The number of urea groups is 2. The fourth-order valence-electron chi connectivity index (χ4n) is 8.97. The van der Waals surface area contributed by atoms with Crippen molar-refractivity contribution >= 4 is 52.7 Å². The number of aliphatic hydroxyl groups excluding tert-OH is 1. The molecule has 32 nitrogen and oxygen atoms in total. The highest BCUT2D eigenvalue weighted by atomic mass is 16.5. The molecule has 2 aromatic heterocycles. The first kappa shape index (κ1) is 62.4. The van der Waals surface area contributed by atoms with Crippen molar-refractivity contribution in [2.45, 2.75) is 90.6 Å². The second-order valence-electron chi connectivity index (χ2n) is 18.2. The van der Waals surface area contributed by atoms with E-state index >= 15 is 0 Å². The van der Waals surface area contributed by atoms with E-state index in [-0.39, 0.29) is 37.7 Å². The van der Waals surface area contributed by atoms with Crippen molar-refractivity contribution in [3.8, 4) is 0 Å². The summed E-state index contributed by atoms with van der Waals surface area (Å²) in [6.45, 7) is -5.01. The molecule has 446 valence electrons. The van der Waals surface area contributed by atoms with Gasteiger partial charge >= 0.3 is 76.0 Å². The molecule has 32 heteroatoms. The highest BCUT2D eigenvalue weighted by Crippen LogP contribution is 2.35. The molecule has 6 rings (SSSR count). The summed E-state index contributed by atoms with van der Waals surface area (Å²) in [5.41, 5.74) is -6.78. The summed E-state index contributed by atoms with van der Waals surface area (Å²) in [5, 5.41) is 11.0. The van der Waals surface area contributed by atoms with E-state index in [1.54, 1.807) is 18.2 Å². The number of esters is 5. The summed E-state index contributed by atoms with van der Waals surface area (Å²) in [7, 11) is 5.01. The van der Waals surface area contributed by atoms with Gasteiger partial charge in [-0.3, -0.25) is 34.0 Å². The van der Waals surface area contributed by atoms with Gasteiger partial charge in [0, 0.05) is 40.4 Å². The lowest BCUT2D eigenvalue weighted by atomic mass is 10.0. The quantitative estimate of drug-likeness (QED) is 0.0314. The third kappa shape index (κ3) is 14.2. The molecule has 0 aliphatic carbocycles. The van der Waals surface area contributed by atoms with E-state index in [1.807, 2.05) is 6.92 Å². The van der Waals surface area contributed by atoms with Crippen LogP contribution in [0.3, 0.4) is 0 Å². The number of fused-ring (bicyclic) bond motifs is 2. The SMILES string of the molecule is CCCCOC(=O)CCn1c(=O)n(CCC(=O)OC)c(=O)n(CCC(=O)OCCn2c(=O)n(CCOCN3C(=O)N(CCO)C4C3N(COC)C(=O)N4COC)c(=O)n(CCOC(=O)c3ccc4cc(C(=O)OC)ccc4c3)c2=O)c1=O. The molecule has 4 heterocycles. The zero-order valence-corrected chi connectivity index (χ0v) is 45.8. The number of carbonyl (C=O) groups excluding carboxylic acids is 7. The molecule has 82 heavy (non-hydrogen) atoms. The Bertz CT molecular complexity index is 3390. The fraction of sp³-hybridized carbons (Fsp3) is 0.540. The zero-order valence-electron chi connectivity index (χ0n) is 45.8. The van der Waals surface area contributed by atoms with Crippen molar-refractivity contribution in [3.05, 3.63) is 110 Å². The summed E-state index contributed by atoms with van der Waals surface area (Å²) in [5.74, 6) is -4.02. The van der Waals surface area contributed by atoms with E-state index in [0.717, 1.165) is 13.5 Å². The number of amides is 4. The number of methoxy groups -OCH3 is 4. The minimum atomic E-state index is -1.22. The lowest BCUT2D eigenvalue weighted by Gasteiger charge is -2.29. The van der Waals surface area contributed by atoms with Crippen LogP contribution in [-0.4, -0.2) is 195 Å².